The lowest BCUT2D eigenvalue weighted by molar-refractivity contribution is 0.0693. The number of carbonyl (C=O) groups excluding carboxylic acids is 1. The molecule has 3 aromatic rings. The molecule has 4 heteroatoms. The Bertz CT molecular complexity index is 967. The first kappa shape index (κ1) is 18.8. The van der Waals surface area contributed by atoms with Crippen molar-refractivity contribution in [2.24, 2.45) is 0 Å². The van der Waals surface area contributed by atoms with Crippen LogP contribution in [0.15, 0.2) is 52.9 Å². The highest BCUT2D eigenvalue weighted by atomic mass is 16.5. The van der Waals surface area contributed by atoms with Gasteiger partial charge in [-0.1, -0.05) is 56.3 Å². The standard InChI is InChI=1S/C24H27NO3/c1-16(2)18-10-8-17(9-11-18)14-25(19-12-13-19)24(26)23-21(15-27-3)20-6-4-5-7-22(20)28-23/h4-11,16,19H,12-15H2,1-3H3. The van der Waals surface area contributed by atoms with Gasteiger partial charge in [0.1, 0.15) is 5.58 Å². The minimum absolute atomic E-state index is 0.0429. The third-order valence-electron chi connectivity index (χ3n) is 5.43. The third kappa shape index (κ3) is 3.69. The van der Waals surface area contributed by atoms with Crippen molar-refractivity contribution in [1.29, 1.82) is 0 Å². The maximum absolute atomic E-state index is 13.4. The Morgan fingerprint density at radius 1 is 1.14 bits per heavy atom. The van der Waals surface area contributed by atoms with Gasteiger partial charge in [-0.2, -0.15) is 0 Å². The lowest BCUT2D eigenvalue weighted by Gasteiger charge is -2.22. The van der Waals surface area contributed by atoms with Crippen LogP contribution in [0.1, 0.15) is 59.9 Å². The Kier molecular flexibility index (Phi) is 5.23. The van der Waals surface area contributed by atoms with Crippen molar-refractivity contribution in [2.45, 2.75) is 51.8 Å². The van der Waals surface area contributed by atoms with Gasteiger partial charge >= 0.3 is 0 Å². The molecule has 0 saturated heterocycles. The van der Waals surface area contributed by atoms with Crippen molar-refractivity contribution in [3.63, 3.8) is 0 Å². The number of hydrogen-bond acceptors (Lipinski definition) is 3. The van der Waals surface area contributed by atoms with Crippen LogP contribution in [0.2, 0.25) is 0 Å². The molecule has 4 rings (SSSR count). The van der Waals surface area contributed by atoms with Crippen LogP contribution in [0.3, 0.4) is 0 Å². The summed E-state index contributed by atoms with van der Waals surface area (Å²) in [6.45, 7) is 5.34. The summed E-state index contributed by atoms with van der Waals surface area (Å²) in [4.78, 5) is 15.4. The fraction of sp³-hybridized carbons (Fsp3) is 0.375. The van der Waals surface area contributed by atoms with Crippen LogP contribution in [-0.2, 0) is 17.9 Å². The summed E-state index contributed by atoms with van der Waals surface area (Å²) in [5.41, 5.74) is 4.03. The van der Waals surface area contributed by atoms with Gasteiger partial charge in [0.15, 0.2) is 5.76 Å². The Labute approximate surface area is 166 Å². The van der Waals surface area contributed by atoms with E-state index in [1.165, 1.54) is 5.56 Å². The van der Waals surface area contributed by atoms with E-state index in [2.05, 4.69) is 38.1 Å². The van der Waals surface area contributed by atoms with E-state index in [4.69, 9.17) is 9.15 Å². The van der Waals surface area contributed by atoms with E-state index >= 15 is 0 Å². The number of hydrogen-bond donors (Lipinski definition) is 0. The number of ether oxygens (including phenoxy) is 1. The first-order valence-corrected chi connectivity index (χ1v) is 9.97. The molecule has 28 heavy (non-hydrogen) atoms. The Morgan fingerprint density at radius 3 is 2.50 bits per heavy atom. The van der Waals surface area contributed by atoms with Crippen LogP contribution in [0, 0.1) is 0 Å². The Balaban J connectivity index is 1.64. The van der Waals surface area contributed by atoms with Crippen molar-refractivity contribution in [2.75, 3.05) is 7.11 Å². The molecule has 4 nitrogen and oxygen atoms in total. The van der Waals surface area contributed by atoms with Crippen molar-refractivity contribution in [3.8, 4) is 0 Å². The van der Waals surface area contributed by atoms with Gasteiger partial charge in [-0.3, -0.25) is 4.79 Å². The topological polar surface area (TPSA) is 42.7 Å². The molecule has 0 N–H and O–H groups in total. The first-order valence-electron chi connectivity index (χ1n) is 9.97. The van der Waals surface area contributed by atoms with Crippen molar-refractivity contribution >= 4 is 16.9 Å². The zero-order chi connectivity index (χ0) is 19.7. The molecule has 0 atom stereocenters. The molecule has 1 heterocycles. The second-order valence-electron chi connectivity index (χ2n) is 7.90. The van der Waals surface area contributed by atoms with Crippen LogP contribution < -0.4 is 0 Å². The maximum Gasteiger partial charge on any atom is 0.290 e. The predicted octanol–water partition coefficient (Wildman–Crippen LogP) is 5.51. The SMILES string of the molecule is COCc1c(C(=O)N(Cc2ccc(C(C)C)cc2)C2CC2)oc2ccccc12. The van der Waals surface area contributed by atoms with E-state index in [1.807, 2.05) is 29.2 Å². The summed E-state index contributed by atoms with van der Waals surface area (Å²) in [6.07, 6.45) is 2.10. The second kappa shape index (κ2) is 7.80. The summed E-state index contributed by atoms with van der Waals surface area (Å²) < 4.78 is 11.4. The van der Waals surface area contributed by atoms with Gasteiger partial charge in [0.25, 0.3) is 5.91 Å². The zero-order valence-corrected chi connectivity index (χ0v) is 16.8. The number of methoxy groups -OCH3 is 1. The number of para-hydroxylation sites is 1. The van der Waals surface area contributed by atoms with Gasteiger partial charge in [0.2, 0.25) is 0 Å². The summed E-state index contributed by atoms with van der Waals surface area (Å²) in [5.74, 6) is 0.870. The molecular formula is C24H27NO3. The van der Waals surface area contributed by atoms with Gasteiger partial charge in [-0.05, 0) is 36.0 Å². The highest BCUT2D eigenvalue weighted by molar-refractivity contribution is 5.99. The molecule has 1 amide bonds. The predicted molar refractivity (Wildman–Crippen MR) is 110 cm³/mol. The summed E-state index contributed by atoms with van der Waals surface area (Å²) >= 11 is 0. The molecule has 1 saturated carbocycles. The second-order valence-corrected chi connectivity index (χ2v) is 7.90. The van der Waals surface area contributed by atoms with E-state index in [9.17, 15) is 4.79 Å². The normalized spacial score (nSPS) is 14.0. The molecule has 0 aliphatic heterocycles. The molecule has 0 unspecified atom stereocenters. The number of amides is 1. The van der Waals surface area contributed by atoms with Crippen molar-refractivity contribution in [3.05, 3.63) is 71.0 Å². The van der Waals surface area contributed by atoms with Gasteiger partial charge in [0.05, 0.1) is 6.61 Å². The minimum Gasteiger partial charge on any atom is -0.451 e. The average Bonchev–Trinajstić information content (AvgIpc) is 3.48. The molecule has 1 aliphatic rings. The molecule has 2 aromatic carbocycles. The number of rotatable bonds is 7. The van der Waals surface area contributed by atoms with Gasteiger partial charge in [-0.15, -0.1) is 0 Å². The van der Waals surface area contributed by atoms with Crippen LogP contribution in [0.5, 0.6) is 0 Å². The van der Waals surface area contributed by atoms with Crippen molar-refractivity contribution < 1.29 is 13.9 Å². The Morgan fingerprint density at radius 2 is 1.86 bits per heavy atom. The summed E-state index contributed by atoms with van der Waals surface area (Å²) in [5, 5.41) is 0.949. The van der Waals surface area contributed by atoms with Crippen LogP contribution in [0.4, 0.5) is 0 Å². The van der Waals surface area contributed by atoms with Crippen LogP contribution >= 0.6 is 0 Å². The fourth-order valence-corrected chi connectivity index (χ4v) is 3.65. The molecule has 0 bridgehead atoms. The fourth-order valence-electron chi connectivity index (χ4n) is 3.65. The van der Waals surface area contributed by atoms with Gasteiger partial charge < -0.3 is 14.1 Å². The summed E-state index contributed by atoms with van der Waals surface area (Å²) in [6, 6.07) is 16.6. The van der Waals surface area contributed by atoms with Crippen LogP contribution in [-0.4, -0.2) is 24.0 Å². The molecular weight excluding hydrogens is 350 g/mol. The lowest BCUT2D eigenvalue weighted by atomic mass is 10.0. The highest BCUT2D eigenvalue weighted by Crippen LogP contribution is 2.33. The molecule has 1 fully saturated rings. The van der Waals surface area contributed by atoms with E-state index in [-0.39, 0.29) is 5.91 Å². The first-order chi connectivity index (χ1) is 13.6. The number of carbonyl (C=O) groups is 1. The largest absolute Gasteiger partial charge is 0.451 e. The van der Waals surface area contributed by atoms with E-state index in [0.29, 0.717) is 30.9 Å². The van der Waals surface area contributed by atoms with Crippen molar-refractivity contribution in [1.82, 2.24) is 4.90 Å². The number of furan rings is 1. The quantitative estimate of drug-likeness (QED) is 0.545. The maximum atomic E-state index is 13.4. The monoisotopic (exact) mass is 377 g/mol. The lowest BCUT2D eigenvalue weighted by Crippen LogP contribution is -2.33. The zero-order valence-electron chi connectivity index (χ0n) is 16.8. The molecule has 1 aliphatic carbocycles. The average molecular weight is 377 g/mol. The van der Waals surface area contributed by atoms with E-state index < -0.39 is 0 Å². The minimum atomic E-state index is -0.0429. The number of benzene rings is 2. The van der Waals surface area contributed by atoms with E-state index in [0.717, 1.165) is 34.9 Å². The van der Waals surface area contributed by atoms with Crippen LogP contribution in [0.25, 0.3) is 11.0 Å². The molecule has 0 radical (unpaired) electrons. The molecule has 146 valence electrons. The molecule has 0 spiro atoms. The van der Waals surface area contributed by atoms with Gasteiger partial charge in [-0.25, -0.2) is 0 Å². The molecule has 1 aromatic heterocycles. The third-order valence-corrected chi connectivity index (χ3v) is 5.43. The van der Waals surface area contributed by atoms with E-state index in [1.54, 1.807) is 7.11 Å². The van der Waals surface area contributed by atoms with Gasteiger partial charge in [0, 0.05) is 30.6 Å². The Hall–Kier alpha value is -2.59. The smallest absolute Gasteiger partial charge is 0.290 e. The summed E-state index contributed by atoms with van der Waals surface area (Å²) in [7, 11) is 1.64. The highest BCUT2D eigenvalue weighted by Gasteiger charge is 2.36. The number of nitrogens with zero attached hydrogens (tertiary/aromatic N) is 1. The number of fused-ring (bicyclic) bond motifs is 1.